The zero-order valence-electron chi connectivity index (χ0n) is 16.1. The molecule has 0 saturated carbocycles. The Morgan fingerprint density at radius 2 is 1.89 bits per heavy atom. The Hall–Kier alpha value is -2.89. The summed E-state index contributed by atoms with van der Waals surface area (Å²) in [7, 11) is 1.34. The molecule has 0 aliphatic carbocycles. The largest absolute Gasteiger partial charge is 0.484 e. The Labute approximate surface area is 160 Å². The van der Waals surface area contributed by atoms with Gasteiger partial charge in [-0.1, -0.05) is 26.0 Å². The van der Waals surface area contributed by atoms with Gasteiger partial charge in [0.1, 0.15) is 5.75 Å². The summed E-state index contributed by atoms with van der Waals surface area (Å²) in [4.78, 5) is 30.1. The molecule has 27 heavy (non-hydrogen) atoms. The van der Waals surface area contributed by atoms with E-state index in [0.717, 1.165) is 17.5 Å². The fourth-order valence-electron chi connectivity index (χ4n) is 2.66. The van der Waals surface area contributed by atoms with Gasteiger partial charge < -0.3 is 14.4 Å². The number of esters is 1. The van der Waals surface area contributed by atoms with Crippen molar-refractivity contribution in [2.24, 2.45) is 5.92 Å². The van der Waals surface area contributed by atoms with Gasteiger partial charge in [0.2, 0.25) is 0 Å². The molecule has 2 rings (SSSR count). The lowest BCUT2D eigenvalue weighted by Crippen LogP contribution is -2.39. The number of hydrogen-bond acceptors (Lipinski definition) is 5. The van der Waals surface area contributed by atoms with Crippen molar-refractivity contribution in [1.29, 1.82) is 0 Å². The predicted octanol–water partition coefficient (Wildman–Crippen LogP) is 2.86. The van der Waals surface area contributed by atoms with Gasteiger partial charge in [-0.05, 0) is 41.8 Å². The van der Waals surface area contributed by atoms with Crippen LogP contribution in [0.1, 0.15) is 25.0 Å². The van der Waals surface area contributed by atoms with E-state index in [1.165, 1.54) is 7.11 Å². The van der Waals surface area contributed by atoms with Crippen molar-refractivity contribution in [1.82, 2.24) is 9.88 Å². The molecule has 0 aliphatic rings. The second kappa shape index (κ2) is 10.3. The molecule has 1 atom stereocenters. The molecule has 1 unspecified atom stereocenters. The number of pyridine rings is 1. The summed E-state index contributed by atoms with van der Waals surface area (Å²) in [5.74, 6) is -0.305. The highest BCUT2D eigenvalue weighted by molar-refractivity contribution is 5.79. The molecule has 0 spiro atoms. The van der Waals surface area contributed by atoms with Crippen molar-refractivity contribution in [3.63, 3.8) is 0 Å². The second-order valence-corrected chi connectivity index (χ2v) is 6.34. The van der Waals surface area contributed by atoms with E-state index in [4.69, 9.17) is 9.47 Å². The summed E-state index contributed by atoms with van der Waals surface area (Å²) in [6.07, 6.45) is 4.25. The number of ether oxygens (including phenoxy) is 2. The Morgan fingerprint density at radius 1 is 1.15 bits per heavy atom. The number of benzene rings is 1. The van der Waals surface area contributed by atoms with Crippen LogP contribution in [0.5, 0.6) is 5.75 Å². The van der Waals surface area contributed by atoms with Crippen molar-refractivity contribution >= 4 is 11.9 Å². The number of hydrogen-bond donors (Lipinski definition) is 0. The molecule has 0 N–H and O–H groups in total. The SMILES string of the molecule is CCc1cccc(OCC(=O)N(Cc2ccncc2)CC(C)C(=O)OC)c1. The van der Waals surface area contributed by atoms with Crippen LogP contribution in [0.3, 0.4) is 0 Å². The normalized spacial score (nSPS) is 11.5. The fourth-order valence-corrected chi connectivity index (χ4v) is 2.66. The van der Waals surface area contributed by atoms with Crippen LogP contribution in [0.2, 0.25) is 0 Å². The van der Waals surface area contributed by atoms with Gasteiger partial charge in [-0.3, -0.25) is 14.6 Å². The number of nitrogens with zero attached hydrogens (tertiary/aromatic N) is 2. The third kappa shape index (κ3) is 6.40. The average Bonchev–Trinajstić information content (AvgIpc) is 2.71. The molecular weight excluding hydrogens is 344 g/mol. The predicted molar refractivity (Wildman–Crippen MR) is 102 cm³/mol. The van der Waals surface area contributed by atoms with Gasteiger partial charge in [0, 0.05) is 25.5 Å². The average molecular weight is 370 g/mol. The fraction of sp³-hybridized carbons (Fsp3) is 0.381. The maximum absolute atomic E-state index is 12.8. The van der Waals surface area contributed by atoms with Gasteiger partial charge in [-0.15, -0.1) is 0 Å². The summed E-state index contributed by atoms with van der Waals surface area (Å²) in [5.41, 5.74) is 2.08. The number of carbonyl (C=O) groups excluding carboxylic acids is 2. The van der Waals surface area contributed by atoms with Gasteiger partial charge in [-0.2, -0.15) is 0 Å². The lowest BCUT2D eigenvalue weighted by molar-refractivity contribution is -0.147. The van der Waals surface area contributed by atoms with E-state index in [1.807, 2.05) is 36.4 Å². The molecule has 6 nitrogen and oxygen atoms in total. The molecule has 0 aliphatic heterocycles. The van der Waals surface area contributed by atoms with E-state index in [-0.39, 0.29) is 25.0 Å². The first kappa shape index (κ1) is 20.4. The highest BCUT2D eigenvalue weighted by Gasteiger charge is 2.22. The topological polar surface area (TPSA) is 68.7 Å². The summed E-state index contributed by atoms with van der Waals surface area (Å²) < 4.78 is 10.5. The highest BCUT2D eigenvalue weighted by atomic mass is 16.5. The van der Waals surface area contributed by atoms with Crippen molar-refractivity contribution in [2.75, 3.05) is 20.3 Å². The molecule has 144 valence electrons. The molecule has 0 fully saturated rings. The van der Waals surface area contributed by atoms with Gasteiger partial charge >= 0.3 is 5.97 Å². The molecule has 0 radical (unpaired) electrons. The molecule has 1 heterocycles. The number of aromatic nitrogens is 1. The van der Waals surface area contributed by atoms with E-state index in [0.29, 0.717) is 12.3 Å². The van der Waals surface area contributed by atoms with Crippen LogP contribution < -0.4 is 4.74 Å². The maximum atomic E-state index is 12.8. The van der Waals surface area contributed by atoms with Crippen molar-refractivity contribution in [2.45, 2.75) is 26.8 Å². The first-order valence-corrected chi connectivity index (χ1v) is 8.99. The van der Waals surface area contributed by atoms with Crippen LogP contribution in [0.25, 0.3) is 0 Å². The first-order valence-electron chi connectivity index (χ1n) is 8.99. The zero-order chi connectivity index (χ0) is 19.6. The van der Waals surface area contributed by atoms with Gasteiger partial charge in [0.25, 0.3) is 5.91 Å². The molecule has 1 aromatic heterocycles. The van der Waals surface area contributed by atoms with Crippen LogP contribution in [-0.4, -0.2) is 42.0 Å². The number of aryl methyl sites for hydroxylation is 1. The number of carbonyl (C=O) groups is 2. The van der Waals surface area contributed by atoms with E-state index < -0.39 is 5.92 Å². The van der Waals surface area contributed by atoms with E-state index in [2.05, 4.69) is 11.9 Å². The molecular formula is C21H26N2O4. The molecule has 0 saturated heterocycles. The van der Waals surface area contributed by atoms with E-state index >= 15 is 0 Å². The molecule has 6 heteroatoms. The van der Waals surface area contributed by atoms with Crippen molar-refractivity contribution in [3.05, 3.63) is 59.9 Å². The monoisotopic (exact) mass is 370 g/mol. The Balaban J connectivity index is 2.05. The van der Waals surface area contributed by atoms with Crippen LogP contribution in [0.4, 0.5) is 0 Å². The summed E-state index contributed by atoms with van der Waals surface area (Å²) in [6, 6.07) is 11.4. The minimum Gasteiger partial charge on any atom is -0.484 e. The zero-order valence-corrected chi connectivity index (χ0v) is 16.1. The molecule has 2 aromatic rings. The van der Waals surface area contributed by atoms with Crippen LogP contribution in [0, 0.1) is 5.92 Å². The lowest BCUT2D eigenvalue weighted by atomic mass is 10.1. The quantitative estimate of drug-likeness (QED) is 0.635. The van der Waals surface area contributed by atoms with Crippen LogP contribution in [-0.2, 0) is 27.3 Å². The molecule has 1 aromatic carbocycles. The Morgan fingerprint density at radius 3 is 2.56 bits per heavy atom. The Kier molecular flexibility index (Phi) is 7.79. The smallest absolute Gasteiger partial charge is 0.310 e. The summed E-state index contributed by atoms with van der Waals surface area (Å²) >= 11 is 0. The van der Waals surface area contributed by atoms with E-state index in [1.54, 1.807) is 24.2 Å². The lowest BCUT2D eigenvalue weighted by Gasteiger charge is -2.25. The minimum absolute atomic E-state index is 0.0911. The minimum atomic E-state index is -0.427. The van der Waals surface area contributed by atoms with Crippen LogP contribution >= 0.6 is 0 Å². The number of methoxy groups -OCH3 is 1. The van der Waals surface area contributed by atoms with Gasteiger partial charge in [-0.25, -0.2) is 0 Å². The third-order valence-corrected chi connectivity index (χ3v) is 4.24. The van der Waals surface area contributed by atoms with Crippen molar-refractivity contribution < 1.29 is 19.1 Å². The second-order valence-electron chi connectivity index (χ2n) is 6.34. The third-order valence-electron chi connectivity index (χ3n) is 4.24. The molecule has 1 amide bonds. The maximum Gasteiger partial charge on any atom is 0.310 e. The van der Waals surface area contributed by atoms with Crippen LogP contribution in [0.15, 0.2) is 48.8 Å². The Bertz CT molecular complexity index is 749. The number of amides is 1. The molecule has 0 bridgehead atoms. The first-order chi connectivity index (χ1) is 13.0. The van der Waals surface area contributed by atoms with Gasteiger partial charge in [0.05, 0.1) is 13.0 Å². The van der Waals surface area contributed by atoms with E-state index in [9.17, 15) is 9.59 Å². The highest BCUT2D eigenvalue weighted by Crippen LogP contribution is 2.15. The standard InChI is InChI=1S/C21H26N2O4/c1-4-17-6-5-7-19(12-17)27-15-20(24)23(13-16(2)21(25)26-3)14-18-8-10-22-11-9-18/h5-12,16H,4,13-15H2,1-3H3. The van der Waals surface area contributed by atoms with Gasteiger partial charge in [0.15, 0.2) is 6.61 Å². The summed E-state index contributed by atoms with van der Waals surface area (Å²) in [6.45, 7) is 4.35. The summed E-state index contributed by atoms with van der Waals surface area (Å²) in [5, 5.41) is 0. The van der Waals surface area contributed by atoms with Crippen molar-refractivity contribution in [3.8, 4) is 5.75 Å². The number of rotatable bonds is 9.